The highest BCUT2D eigenvalue weighted by Gasteiger charge is 2.20. The van der Waals surface area contributed by atoms with Gasteiger partial charge in [-0.2, -0.15) is 5.26 Å². The van der Waals surface area contributed by atoms with Gasteiger partial charge in [0.1, 0.15) is 6.07 Å². The molecule has 0 aliphatic heterocycles. The van der Waals surface area contributed by atoms with Gasteiger partial charge in [-0.15, -0.1) is 0 Å². The van der Waals surface area contributed by atoms with Crippen LogP contribution in [0, 0.1) is 16.7 Å². The van der Waals surface area contributed by atoms with E-state index in [4.69, 9.17) is 5.73 Å². The van der Waals surface area contributed by atoms with Crippen LogP contribution in [0.25, 0.3) is 0 Å². The molecule has 0 radical (unpaired) electrons. The summed E-state index contributed by atoms with van der Waals surface area (Å²) in [6.07, 6.45) is 0. The Labute approximate surface area is 111 Å². The zero-order valence-electron chi connectivity index (χ0n) is 10.5. The van der Waals surface area contributed by atoms with Crippen LogP contribution in [0.3, 0.4) is 0 Å². The highest BCUT2D eigenvalue weighted by Crippen LogP contribution is 2.28. The normalized spacial score (nSPS) is 11.1. The molecule has 0 aliphatic rings. The lowest BCUT2D eigenvalue weighted by atomic mass is 9.93. The fourth-order valence-electron chi connectivity index (χ4n) is 1.73. The van der Waals surface area contributed by atoms with Gasteiger partial charge < -0.3 is 10.6 Å². The van der Waals surface area contributed by atoms with Crippen molar-refractivity contribution in [3.8, 4) is 6.07 Å². The molecule has 0 saturated heterocycles. The lowest BCUT2D eigenvalue weighted by molar-refractivity contribution is 0.385. The molecule has 4 heteroatoms. The van der Waals surface area contributed by atoms with Crippen molar-refractivity contribution in [2.75, 3.05) is 25.0 Å². The Hall–Kier alpha value is -1.05. The van der Waals surface area contributed by atoms with Gasteiger partial charge in [0, 0.05) is 18.1 Å². The molecule has 0 heterocycles. The second kappa shape index (κ2) is 5.52. The average molecular weight is 296 g/mol. The minimum absolute atomic E-state index is 0.0315. The van der Waals surface area contributed by atoms with Crippen LogP contribution in [0.15, 0.2) is 22.7 Å². The third-order valence-electron chi connectivity index (χ3n) is 2.73. The van der Waals surface area contributed by atoms with E-state index in [0.29, 0.717) is 12.1 Å². The van der Waals surface area contributed by atoms with E-state index in [1.807, 2.05) is 25.2 Å². The first kappa shape index (κ1) is 14.0. The third kappa shape index (κ3) is 3.45. The van der Waals surface area contributed by atoms with Crippen molar-refractivity contribution in [1.29, 1.82) is 5.26 Å². The van der Waals surface area contributed by atoms with E-state index in [0.717, 1.165) is 16.7 Å². The number of nitrogens with zero attached hydrogens (tertiary/aromatic N) is 2. The molecule has 92 valence electrons. The van der Waals surface area contributed by atoms with Crippen LogP contribution in [0.1, 0.15) is 19.4 Å². The van der Waals surface area contributed by atoms with Crippen molar-refractivity contribution in [2.24, 2.45) is 11.1 Å². The first-order valence-corrected chi connectivity index (χ1v) is 6.30. The quantitative estimate of drug-likeness (QED) is 0.929. The molecule has 1 aromatic carbocycles. The van der Waals surface area contributed by atoms with Crippen molar-refractivity contribution in [3.63, 3.8) is 0 Å². The minimum Gasteiger partial charge on any atom is -0.373 e. The van der Waals surface area contributed by atoms with Crippen LogP contribution in [0.2, 0.25) is 0 Å². The molecular formula is C13H18BrN3. The first-order valence-electron chi connectivity index (χ1n) is 5.51. The summed E-state index contributed by atoms with van der Waals surface area (Å²) in [5.41, 5.74) is 7.37. The van der Waals surface area contributed by atoms with Crippen LogP contribution >= 0.6 is 15.9 Å². The standard InChI is InChI=1S/C13H18BrN3/c1-13(2,8-16)9-17(3)12-6-4-5-11(14)10(12)7-15/h4-6H,8-9,16H2,1-3H3. The zero-order valence-corrected chi connectivity index (χ0v) is 12.1. The number of hydrogen-bond donors (Lipinski definition) is 1. The number of nitriles is 1. The Balaban J connectivity index is 3.02. The summed E-state index contributed by atoms with van der Waals surface area (Å²) in [5, 5.41) is 9.17. The fraction of sp³-hybridized carbons (Fsp3) is 0.462. The van der Waals surface area contributed by atoms with Crippen LogP contribution in [0.4, 0.5) is 5.69 Å². The largest absolute Gasteiger partial charge is 0.373 e. The molecule has 3 nitrogen and oxygen atoms in total. The summed E-state index contributed by atoms with van der Waals surface area (Å²) >= 11 is 3.40. The highest BCUT2D eigenvalue weighted by molar-refractivity contribution is 9.10. The Morgan fingerprint density at radius 1 is 1.47 bits per heavy atom. The third-order valence-corrected chi connectivity index (χ3v) is 3.39. The van der Waals surface area contributed by atoms with E-state index in [9.17, 15) is 5.26 Å². The van der Waals surface area contributed by atoms with E-state index < -0.39 is 0 Å². The van der Waals surface area contributed by atoms with Crippen LogP contribution in [0.5, 0.6) is 0 Å². The van der Waals surface area contributed by atoms with Gasteiger partial charge >= 0.3 is 0 Å². The molecule has 0 fully saturated rings. The van der Waals surface area contributed by atoms with E-state index >= 15 is 0 Å². The van der Waals surface area contributed by atoms with Crippen molar-refractivity contribution in [3.05, 3.63) is 28.2 Å². The molecule has 1 rings (SSSR count). The number of benzene rings is 1. The maximum atomic E-state index is 9.17. The fourth-order valence-corrected chi connectivity index (χ4v) is 2.18. The zero-order chi connectivity index (χ0) is 13.1. The predicted molar refractivity (Wildman–Crippen MR) is 75.0 cm³/mol. The Morgan fingerprint density at radius 2 is 2.12 bits per heavy atom. The van der Waals surface area contributed by atoms with Crippen LogP contribution in [-0.2, 0) is 0 Å². The van der Waals surface area contributed by atoms with Gasteiger partial charge in [-0.3, -0.25) is 0 Å². The van der Waals surface area contributed by atoms with Gasteiger partial charge in [0.2, 0.25) is 0 Å². The van der Waals surface area contributed by atoms with E-state index in [1.54, 1.807) is 0 Å². The molecule has 0 atom stereocenters. The molecule has 0 aliphatic carbocycles. The second-order valence-electron chi connectivity index (χ2n) is 4.97. The van der Waals surface area contributed by atoms with E-state index in [-0.39, 0.29) is 5.41 Å². The lowest BCUT2D eigenvalue weighted by Crippen LogP contribution is -2.37. The SMILES string of the molecule is CN(CC(C)(C)CN)c1cccc(Br)c1C#N. The molecule has 0 unspecified atom stereocenters. The predicted octanol–water partition coefficient (Wildman–Crippen LogP) is 2.74. The Bertz CT molecular complexity index is 435. The molecule has 0 saturated carbocycles. The molecule has 0 spiro atoms. The maximum Gasteiger partial charge on any atom is 0.103 e. The molecule has 0 amide bonds. The Morgan fingerprint density at radius 3 is 2.65 bits per heavy atom. The van der Waals surface area contributed by atoms with E-state index in [1.165, 1.54) is 0 Å². The number of rotatable bonds is 4. The van der Waals surface area contributed by atoms with Gasteiger partial charge in [0.25, 0.3) is 0 Å². The Kier molecular flexibility index (Phi) is 4.55. The van der Waals surface area contributed by atoms with Gasteiger partial charge in [-0.25, -0.2) is 0 Å². The summed E-state index contributed by atoms with van der Waals surface area (Å²) in [5.74, 6) is 0. The maximum absolute atomic E-state index is 9.17. The molecular weight excluding hydrogens is 278 g/mol. The number of hydrogen-bond acceptors (Lipinski definition) is 3. The molecule has 17 heavy (non-hydrogen) atoms. The summed E-state index contributed by atoms with van der Waals surface area (Å²) in [4.78, 5) is 2.08. The van der Waals surface area contributed by atoms with Gasteiger partial charge in [-0.1, -0.05) is 19.9 Å². The average Bonchev–Trinajstić information content (AvgIpc) is 2.28. The second-order valence-corrected chi connectivity index (χ2v) is 5.82. The number of nitrogens with two attached hydrogens (primary N) is 1. The smallest absolute Gasteiger partial charge is 0.103 e. The van der Waals surface area contributed by atoms with Crippen LogP contribution in [-0.4, -0.2) is 20.1 Å². The minimum atomic E-state index is 0.0315. The molecule has 0 aromatic heterocycles. The molecule has 1 aromatic rings. The van der Waals surface area contributed by atoms with Gasteiger partial charge in [0.05, 0.1) is 11.3 Å². The number of anilines is 1. The van der Waals surface area contributed by atoms with E-state index in [2.05, 4.69) is 40.7 Å². The summed E-state index contributed by atoms with van der Waals surface area (Å²) in [7, 11) is 1.99. The van der Waals surface area contributed by atoms with Gasteiger partial charge in [0.15, 0.2) is 0 Å². The van der Waals surface area contributed by atoms with Crippen molar-refractivity contribution < 1.29 is 0 Å². The highest BCUT2D eigenvalue weighted by atomic mass is 79.9. The topological polar surface area (TPSA) is 53.0 Å². The van der Waals surface area contributed by atoms with Crippen molar-refractivity contribution in [2.45, 2.75) is 13.8 Å². The van der Waals surface area contributed by atoms with Gasteiger partial charge in [-0.05, 0) is 40.0 Å². The number of halogens is 1. The van der Waals surface area contributed by atoms with Crippen molar-refractivity contribution >= 4 is 21.6 Å². The summed E-state index contributed by atoms with van der Waals surface area (Å²) < 4.78 is 0.829. The first-order chi connectivity index (χ1) is 7.91. The molecule has 2 N–H and O–H groups in total. The van der Waals surface area contributed by atoms with Crippen LogP contribution < -0.4 is 10.6 Å². The summed E-state index contributed by atoms with van der Waals surface area (Å²) in [6.45, 7) is 5.67. The molecule has 0 bridgehead atoms. The van der Waals surface area contributed by atoms with Crippen molar-refractivity contribution in [1.82, 2.24) is 0 Å². The summed E-state index contributed by atoms with van der Waals surface area (Å²) in [6, 6.07) is 8.00. The lowest BCUT2D eigenvalue weighted by Gasteiger charge is -2.31. The monoisotopic (exact) mass is 295 g/mol.